The minimum absolute atomic E-state index is 0.100. The van der Waals surface area contributed by atoms with Gasteiger partial charge in [-0.05, 0) is 47.1 Å². The van der Waals surface area contributed by atoms with Crippen LogP contribution in [0.2, 0.25) is 0 Å². The number of nitrogens with zero attached hydrogens (tertiary/aromatic N) is 1. The number of fused-ring (bicyclic) bond motifs is 1. The largest absolute Gasteiger partial charge is 0.483 e. The second kappa shape index (κ2) is 7.05. The summed E-state index contributed by atoms with van der Waals surface area (Å²) in [7, 11) is 0. The first-order valence-electron chi connectivity index (χ1n) is 7.64. The number of ether oxygens (including phenoxy) is 1. The number of hydrogen-bond donors (Lipinski definition) is 1. The Balaban J connectivity index is 1.83. The quantitative estimate of drug-likeness (QED) is 0.873. The van der Waals surface area contributed by atoms with Crippen molar-refractivity contribution >= 4 is 39.1 Å². The lowest BCUT2D eigenvalue weighted by Crippen LogP contribution is -2.41. The number of anilines is 2. The van der Waals surface area contributed by atoms with Crippen molar-refractivity contribution in [2.24, 2.45) is 0 Å². The SMILES string of the molecule is C[C@@H]1CC(=O)Nc2ccccc2N1C(=O)COc1ccccc1Br. The van der Waals surface area contributed by atoms with Gasteiger partial charge in [-0.1, -0.05) is 24.3 Å². The van der Waals surface area contributed by atoms with Crippen molar-refractivity contribution in [3.8, 4) is 5.75 Å². The Morgan fingerprint density at radius 2 is 1.96 bits per heavy atom. The third-order valence-electron chi connectivity index (χ3n) is 3.82. The van der Waals surface area contributed by atoms with Crippen molar-refractivity contribution in [2.75, 3.05) is 16.8 Å². The first-order chi connectivity index (χ1) is 11.6. The Hall–Kier alpha value is -2.34. The number of hydrogen-bond acceptors (Lipinski definition) is 3. The highest BCUT2D eigenvalue weighted by Gasteiger charge is 2.29. The molecule has 1 N–H and O–H groups in total. The lowest BCUT2D eigenvalue weighted by atomic mass is 10.1. The van der Waals surface area contributed by atoms with Crippen LogP contribution < -0.4 is 15.0 Å². The summed E-state index contributed by atoms with van der Waals surface area (Å²) in [6.07, 6.45) is 0.245. The highest BCUT2D eigenvalue weighted by Crippen LogP contribution is 2.31. The molecule has 3 rings (SSSR count). The first kappa shape index (κ1) is 16.5. The van der Waals surface area contributed by atoms with E-state index >= 15 is 0 Å². The summed E-state index contributed by atoms with van der Waals surface area (Å²) in [6.45, 7) is 1.76. The molecular weight excluding hydrogens is 372 g/mol. The molecule has 0 aliphatic carbocycles. The summed E-state index contributed by atoms with van der Waals surface area (Å²) in [5, 5.41) is 2.84. The number of halogens is 1. The standard InChI is InChI=1S/C18H17BrN2O3/c1-12-10-17(22)20-14-7-3-4-8-15(14)21(12)18(23)11-24-16-9-5-2-6-13(16)19/h2-9,12H,10-11H2,1H3,(H,20,22)/t12-/m1/s1. The molecule has 0 unspecified atom stereocenters. The Morgan fingerprint density at radius 3 is 2.75 bits per heavy atom. The molecular formula is C18H17BrN2O3. The molecule has 1 heterocycles. The molecule has 2 amide bonds. The van der Waals surface area contributed by atoms with Gasteiger partial charge in [-0.25, -0.2) is 0 Å². The fourth-order valence-corrected chi connectivity index (χ4v) is 3.14. The van der Waals surface area contributed by atoms with Crippen LogP contribution in [-0.4, -0.2) is 24.5 Å². The van der Waals surface area contributed by atoms with E-state index in [0.717, 1.165) is 4.47 Å². The minimum Gasteiger partial charge on any atom is -0.483 e. The molecule has 0 saturated carbocycles. The molecule has 0 radical (unpaired) electrons. The topological polar surface area (TPSA) is 58.6 Å². The molecule has 1 atom stereocenters. The molecule has 2 aromatic rings. The summed E-state index contributed by atoms with van der Waals surface area (Å²) in [6, 6.07) is 14.4. The molecule has 6 heteroatoms. The Morgan fingerprint density at radius 1 is 1.25 bits per heavy atom. The van der Waals surface area contributed by atoms with Crippen LogP contribution in [0.4, 0.5) is 11.4 Å². The maximum absolute atomic E-state index is 12.8. The van der Waals surface area contributed by atoms with Crippen LogP contribution in [-0.2, 0) is 9.59 Å². The van der Waals surface area contributed by atoms with Crippen molar-refractivity contribution in [3.63, 3.8) is 0 Å². The number of benzene rings is 2. The molecule has 0 bridgehead atoms. The van der Waals surface area contributed by atoms with Gasteiger partial charge in [-0.15, -0.1) is 0 Å². The molecule has 124 valence electrons. The number of carbonyl (C=O) groups is 2. The summed E-state index contributed by atoms with van der Waals surface area (Å²) in [5.41, 5.74) is 1.33. The maximum atomic E-state index is 12.8. The number of rotatable bonds is 3. The van der Waals surface area contributed by atoms with Gasteiger partial charge in [0, 0.05) is 12.5 Å². The number of nitrogens with one attached hydrogen (secondary N) is 1. The average molecular weight is 389 g/mol. The van der Waals surface area contributed by atoms with Crippen molar-refractivity contribution in [1.82, 2.24) is 0 Å². The Kier molecular flexibility index (Phi) is 4.85. The van der Waals surface area contributed by atoms with E-state index in [2.05, 4.69) is 21.2 Å². The molecule has 0 saturated heterocycles. The highest BCUT2D eigenvalue weighted by molar-refractivity contribution is 9.10. The predicted octanol–water partition coefficient (Wildman–Crippen LogP) is 3.59. The summed E-state index contributed by atoms with van der Waals surface area (Å²) in [4.78, 5) is 26.4. The lowest BCUT2D eigenvalue weighted by Gasteiger charge is -2.27. The van der Waals surface area contributed by atoms with E-state index in [-0.39, 0.29) is 30.9 Å². The van der Waals surface area contributed by atoms with Gasteiger partial charge in [-0.2, -0.15) is 0 Å². The van der Waals surface area contributed by atoms with Crippen molar-refractivity contribution in [1.29, 1.82) is 0 Å². The number of amides is 2. The van der Waals surface area contributed by atoms with E-state index in [1.807, 2.05) is 43.3 Å². The van der Waals surface area contributed by atoms with E-state index < -0.39 is 0 Å². The van der Waals surface area contributed by atoms with Gasteiger partial charge < -0.3 is 15.0 Å². The van der Waals surface area contributed by atoms with E-state index in [1.165, 1.54) is 0 Å². The Bertz CT molecular complexity index is 778. The summed E-state index contributed by atoms with van der Waals surface area (Å²) >= 11 is 3.40. The highest BCUT2D eigenvalue weighted by atomic mass is 79.9. The fourth-order valence-electron chi connectivity index (χ4n) is 2.74. The molecule has 2 aromatic carbocycles. The molecule has 1 aliphatic rings. The van der Waals surface area contributed by atoms with Gasteiger partial charge in [-0.3, -0.25) is 9.59 Å². The van der Waals surface area contributed by atoms with Gasteiger partial charge in [0.2, 0.25) is 5.91 Å². The zero-order chi connectivity index (χ0) is 17.1. The van der Waals surface area contributed by atoms with Crippen LogP contribution >= 0.6 is 15.9 Å². The smallest absolute Gasteiger partial charge is 0.265 e. The van der Waals surface area contributed by atoms with Gasteiger partial charge >= 0.3 is 0 Å². The van der Waals surface area contributed by atoms with Crippen LogP contribution in [0.5, 0.6) is 5.75 Å². The van der Waals surface area contributed by atoms with Gasteiger partial charge in [0.15, 0.2) is 6.61 Å². The first-order valence-corrected chi connectivity index (χ1v) is 8.44. The number of para-hydroxylation sites is 3. The van der Waals surface area contributed by atoms with Crippen LogP contribution in [0.25, 0.3) is 0 Å². The molecule has 1 aliphatic heterocycles. The second-order valence-electron chi connectivity index (χ2n) is 5.60. The molecule has 24 heavy (non-hydrogen) atoms. The van der Waals surface area contributed by atoms with E-state index in [1.54, 1.807) is 17.0 Å². The monoisotopic (exact) mass is 388 g/mol. The van der Waals surface area contributed by atoms with Crippen LogP contribution in [0.1, 0.15) is 13.3 Å². The third-order valence-corrected chi connectivity index (χ3v) is 4.47. The van der Waals surface area contributed by atoms with Crippen molar-refractivity contribution in [2.45, 2.75) is 19.4 Å². The Labute approximate surface area is 148 Å². The van der Waals surface area contributed by atoms with Crippen LogP contribution in [0, 0.1) is 0 Å². The second-order valence-corrected chi connectivity index (χ2v) is 6.46. The normalized spacial score (nSPS) is 16.8. The van der Waals surface area contributed by atoms with Crippen molar-refractivity contribution in [3.05, 3.63) is 53.0 Å². The van der Waals surface area contributed by atoms with Crippen LogP contribution in [0.3, 0.4) is 0 Å². The molecule has 0 spiro atoms. The van der Waals surface area contributed by atoms with Gasteiger partial charge in [0.05, 0.1) is 15.8 Å². The fraction of sp³-hybridized carbons (Fsp3) is 0.222. The van der Waals surface area contributed by atoms with Gasteiger partial charge in [0.25, 0.3) is 5.91 Å². The van der Waals surface area contributed by atoms with E-state index in [4.69, 9.17) is 4.74 Å². The maximum Gasteiger partial charge on any atom is 0.265 e. The lowest BCUT2D eigenvalue weighted by molar-refractivity contribution is -0.121. The minimum atomic E-state index is -0.246. The van der Waals surface area contributed by atoms with E-state index in [0.29, 0.717) is 17.1 Å². The third kappa shape index (κ3) is 3.43. The molecule has 0 aromatic heterocycles. The van der Waals surface area contributed by atoms with Gasteiger partial charge in [0.1, 0.15) is 5.75 Å². The van der Waals surface area contributed by atoms with Crippen molar-refractivity contribution < 1.29 is 14.3 Å². The van der Waals surface area contributed by atoms with Crippen LogP contribution in [0.15, 0.2) is 53.0 Å². The predicted molar refractivity (Wildman–Crippen MR) is 96.3 cm³/mol. The zero-order valence-electron chi connectivity index (χ0n) is 13.2. The average Bonchev–Trinajstić information content (AvgIpc) is 2.68. The zero-order valence-corrected chi connectivity index (χ0v) is 14.7. The summed E-state index contributed by atoms with van der Waals surface area (Å²) < 4.78 is 6.43. The van der Waals surface area contributed by atoms with E-state index in [9.17, 15) is 9.59 Å². The number of carbonyl (C=O) groups excluding carboxylic acids is 2. The molecule has 0 fully saturated rings. The molecule has 5 nitrogen and oxygen atoms in total. The summed E-state index contributed by atoms with van der Waals surface area (Å²) in [5.74, 6) is 0.315.